The number of amides is 1. The maximum absolute atomic E-state index is 14.4. The highest BCUT2D eigenvalue weighted by atomic mass is 19.1. The maximum atomic E-state index is 14.4. The number of aryl methyl sites for hydroxylation is 1. The third-order valence-corrected chi connectivity index (χ3v) is 7.15. The third-order valence-electron chi connectivity index (χ3n) is 7.15. The van der Waals surface area contributed by atoms with E-state index in [2.05, 4.69) is 0 Å². The summed E-state index contributed by atoms with van der Waals surface area (Å²) < 4.78 is 14.4. The molecule has 4 saturated carbocycles. The first-order valence-corrected chi connectivity index (χ1v) is 9.76. The maximum Gasteiger partial charge on any atom is 0.227 e. The van der Waals surface area contributed by atoms with Crippen molar-refractivity contribution in [1.29, 1.82) is 0 Å². The summed E-state index contributed by atoms with van der Waals surface area (Å²) in [6.45, 7) is 0.611. The number of para-hydroxylation sites is 1. The van der Waals surface area contributed by atoms with Crippen LogP contribution in [0.2, 0.25) is 0 Å². The van der Waals surface area contributed by atoms with Crippen LogP contribution in [0.1, 0.15) is 56.9 Å². The van der Waals surface area contributed by atoms with E-state index in [-0.39, 0.29) is 17.1 Å². The van der Waals surface area contributed by atoms with Crippen molar-refractivity contribution in [2.45, 2.75) is 63.4 Å². The van der Waals surface area contributed by atoms with Gasteiger partial charge in [-0.3, -0.25) is 4.79 Å². The summed E-state index contributed by atoms with van der Waals surface area (Å²) >= 11 is 0. The van der Waals surface area contributed by atoms with Crippen LogP contribution in [-0.2, 0) is 11.2 Å². The lowest BCUT2D eigenvalue weighted by Gasteiger charge is -2.60. The van der Waals surface area contributed by atoms with Gasteiger partial charge in [0.05, 0.1) is 11.3 Å². The van der Waals surface area contributed by atoms with Crippen molar-refractivity contribution >= 4 is 11.6 Å². The van der Waals surface area contributed by atoms with Gasteiger partial charge < -0.3 is 10.0 Å². The molecule has 4 aliphatic carbocycles. The van der Waals surface area contributed by atoms with Crippen molar-refractivity contribution in [1.82, 2.24) is 0 Å². The number of halogens is 1. The number of fused-ring (bicyclic) bond motifs is 1. The van der Waals surface area contributed by atoms with Crippen molar-refractivity contribution in [3.63, 3.8) is 0 Å². The van der Waals surface area contributed by atoms with Gasteiger partial charge >= 0.3 is 0 Å². The van der Waals surface area contributed by atoms with Crippen LogP contribution in [0.15, 0.2) is 18.2 Å². The average Bonchev–Trinajstić information content (AvgIpc) is 2.51. The summed E-state index contributed by atoms with van der Waals surface area (Å²) in [6.07, 6.45) is 8.15. The van der Waals surface area contributed by atoms with Gasteiger partial charge in [-0.05, 0) is 80.2 Å². The second-order valence-corrected chi connectivity index (χ2v) is 9.26. The van der Waals surface area contributed by atoms with Crippen molar-refractivity contribution in [2.24, 2.45) is 17.3 Å². The van der Waals surface area contributed by atoms with E-state index in [4.69, 9.17) is 0 Å². The van der Waals surface area contributed by atoms with Gasteiger partial charge in [-0.1, -0.05) is 12.1 Å². The van der Waals surface area contributed by atoms with Gasteiger partial charge in [0.15, 0.2) is 0 Å². The molecule has 0 spiro atoms. The van der Waals surface area contributed by atoms with E-state index in [1.54, 1.807) is 11.0 Å². The van der Waals surface area contributed by atoms with Crippen LogP contribution in [0.3, 0.4) is 0 Å². The Morgan fingerprint density at radius 1 is 1.24 bits per heavy atom. The Balaban J connectivity index is 1.42. The zero-order valence-corrected chi connectivity index (χ0v) is 14.6. The molecule has 6 rings (SSSR count). The largest absolute Gasteiger partial charge is 0.390 e. The average molecular weight is 343 g/mol. The summed E-state index contributed by atoms with van der Waals surface area (Å²) in [6, 6.07) is 5.12. The lowest BCUT2D eigenvalue weighted by molar-refractivity contribution is -0.168. The zero-order valence-electron chi connectivity index (χ0n) is 14.6. The number of anilines is 1. The van der Waals surface area contributed by atoms with Gasteiger partial charge in [-0.2, -0.15) is 0 Å². The number of aliphatic hydroxyl groups is 1. The van der Waals surface area contributed by atoms with Crippen molar-refractivity contribution in [3.05, 3.63) is 29.6 Å². The fraction of sp³-hybridized carbons (Fsp3) is 0.667. The quantitative estimate of drug-likeness (QED) is 0.887. The van der Waals surface area contributed by atoms with Crippen LogP contribution >= 0.6 is 0 Å². The predicted molar refractivity (Wildman–Crippen MR) is 93.8 cm³/mol. The Bertz CT molecular complexity index is 717. The Labute approximate surface area is 148 Å². The monoisotopic (exact) mass is 343 g/mol. The summed E-state index contributed by atoms with van der Waals surface area (Å²) in [4.78, 5) is 14.9. The highest BCUT2D eigenvalue weighted by molar-refractivity contribution is 5.95. The first-order valence-electron chi connectivity index (χ1n) is 9.76. The number of hydrogen-bond acceptors (Lipinski definition) is 2. The first kappa shape index (κ1) is 15.8. The van der Waals surface area contributed by atoms with Gasteiger partial charge in [-0.15, -0.1) is 0 Å². The number of carbonyl (C=O) groups excluding carboxylic acids is 1. The van der Waals surface area contributed by atoms with Gasteiger partial charge in [0, 0.05) is 13.0 Å². The number of nitrogens with zero attached hydrogens (tertiary/aromatic N) is 1. The van der Waals surface area contributed by atoms with E-state index in [0.717, 1.165) is 50.5 Å². The molecule has 25 heavy (non-hydrogen) atoms. The molecule has 3 nitrogen and oxygen atoms in total. The van der Waals surface area contributed by atoms with Crippen LogP contribution in [0.5, 0.6) is 0 Å². The third kappa shape index (κ3) is 2.52. The minimum absolute atomic E-state index is 0.0524. The molecule has 0 radical (unpaired) electrons. The molecule has 1 aromatic rings. The van der Waals surface area contributed by atoms with E-state index in [1.807, 2.05) is 6.07 Å². The number of benzene rings is 1. The summed E-state index contributed by atoms with van der Waals surface area (Å²) in [7, 11) is 0. The highest BCUT2D eigenvalue weighted by Gasteiger charge is 2.57. The molecular formula is C21H26FNO2. The molecule has 1 heterocycles. The Morgan fingerprint density at radius 3 is 2.72 bits per heavy atom. The molecule has 0 aromatic heterocycles. The van der Waals surface area contributed by atoms with Gasteiger partial charge in [0.25, 0.3) is 0 Å². The predicted octanol–water partition coefficient (Wildman–Crippen LogP) is 3.83. The molecule has 1 aromatic carbocycles. The molecule has 1 N–H and O–H groups in total. The summed E-state index contributed by atoms with van der Waals surface area (Å²) in [5, 5.41) is 10.9. The van der Waals surface area contributed by atoms with Crippen LogP contribution < -0.4 is 4.90 Å². The SMILES string of the molecule is O=C(CC12CC3CC(CC(O)(C3)C1)C2)N1CCCc2cccc(F)c21. The van der Waals surface area contributed by atoms with E-state index in [9.17, 15) is 14.3 Å². The van der Waals surface area contributed by atoms with E-state index in [1.165, 1.54) is 12.5 Å². The fourth-order valence-electron chi connectivity index (χ4n) is 6.88. The molecule has 4 heteroatoms. The van der Waals surface area contributed by atoms with E-state index < -0.39 is 5.60 Å². The first-order chi connectivity index (χ1) is 12.0. The molecule has 5 aliphatic rings. The lowest BCUT2D eigenvalue weighted by Crippen LogP contribution is -2.56. The molecule has 2 atom stereocenters. The Kier molecular flexibility index (Phi) is 3.35. The van der Waals surface area contributed by atoms with Crippen LogP contribution in [0.25, 0.3) is 0 Å². The Morgan fingerprint density at radius 2 is 2.00 bits per heavy atom. The summed E-state index contributed by atoms with van der Waals surface area (Å²) in [5.41, 5.74) is 0.847. The molecule has 1 amide bonds. The second-order valence-electron chi connectivity index (χ2n) is 9.26. The molecule has 0 saturated heterocycles. The topological polar surface area (TPSA) is 40.5 Å². The van der Waals surface area contributed by atoms with Gasteiger partial charge in [0.2, 0.25) is 5.91 Å². The molecular weight excluding hydrogens is 317 g/mol. The number of hydrogen-bond donors (Lipinski definition) is 1. The fourth-order valence-corrected chi connectivity index (χ4v) is 6.88. The number of carbonyl (C=O) groups is 1. The van der Waals surface area contributed by atoms with Crippen molar-refractivity contribution in [2.75, 3.05) is 11.4 Å². The van der Waals surface area contributed by atoms with Gasteiger partial charge in [-0.25, -0.2) is 4.39 Å². The Hall–Kier alpha value is -1.42. The minimum Gasteiger partial charge on any atom is -0.390 e. The lowest BCUT2D eigenvalue weighted by atomic mass is 9.47. The van der Waals surface area contributed by atoms with Crippen molar-refractivity contribution in [3.8, 4) is 0 Å². The standard InChI is InChI=1S/C21H26FNO2/c22-17-5-1-3-16-4-2-6-23(19(16)17)18(24)12-20-8-14-7-15(9-20)11-21(25,10-14)13-20/h1,3,5,14-15,25H,2,4,6-13H2. The van der Waals surface area contributed by atoms with Gasteiger partial charge in [0.1, 0.15) is 5.82 Å². The second kappa shape index (κ2) is 5.29. The smallest absolute Gasteiger partial charge is 0.227 e. The van der Waals surface area contributed by atoms with Crippen LogP contribution in [-0.4, -0.2) is 23.2 Å². The van der Waals surface area contributed by atoms with Crippen LogP contribution in [0.4, 0.5) is 10.1 Å². The minimum atomic E-state index is -0.546. The normalized spacial score (nSPS) is 38.7. The van der Waals surface area contributed by atoms with Crippen LogP contribution in [0, 0.1) is 23.1 Å². The van der Waals surface area contributed by atoms with Crippen molar-refractivity contribution < 1.29 is 14.3 Å². The van der Waals surface area contributed by atoms with E-state index >= 15 is 0 Å². The van der Waals surface area contributed by atoms with E-state index in [0.29, 0.717) is 30.5 Å². The summed E-state index contributed by atoms with van der Waals surface area (Å²) in [5.74, 6) is 0.917. The molecule has 2 unspecified atom stereocenters. The molecule has 4 fully saturated rings. The molecule has 134 valence electrons. The zero-order chi connectivity index (χ0) is 17.2. The molecule has 4 bridgehead atoms. The molecule has 1 aliphatic heterocycles. The number of rotatable bonds is 2. The highest BCUT2D eigenvalue weighted by Crippen LogP contribution is 2.63.